The van der Waals surface area contributed by atoms with Gasteiger partial charge in [-0.1, -0.05) is 103 Å². The quantitative estimate of drug-likeness (QED) is 0.179. The van der Waals surface area contributed by atoms with Gasteiger partial charge < -0.3 is 16.0 Å². The van der Waals surface area contributed by atoms with Gasteiger partial charge in [0.1, 0.15) is 0 Å². The Balaban J connectivity index is 1.18. The summed E-state index contributed by atoms with van der Waals surface area (Å²) in [6.45, 7) is 2.35. The molecule has 42 heavy (non-hydrogen) atoms. The van der Waals surface area contributed by atoms with Crippen molar-refractivity contribution in [3.8, 4) is 11.3 Å². The first-order valence-electron chi connectivity index (χ1n) is 14.0. The second-order valence-electron chi connectivity index (χ2n) is 10.3. The van der Waals surface area contributed by atoms with E-state index < -0.39 is 0 Å². The van der Waals surface area contributed by atoms with Gasteiger partial charge in [-0.25, -0.2) is 4.98 Å². The molecule has 1 amide bonds. The number of nitrogens with two attached hydrogens (primary N) is 1. The van der Waals surface area contributed by atoms with Crippen molar-refractivity contribution < 1.29 is 4.79 Å². The van der Waals surface area contributed by atoms with Crippen molar-refractivity contribution in [3.05, 3.63) is 155 Å². The first kappa shape index (κ1) is 27.4. The molecule has 0 bridgehead atoms. The molecule has 0 aliphatic rings. The molecule has 0 atom stereocenters. The number of fused-ring (bicyclic) bond motifs is 1. The molecule has 0 aliphatic heterocycles. The average molecular weight is 569 g/mol. The van der Waals surface area contributed by atoms with Crippen LogP contribution < -0.4 is 16.0 Å². The molecule has 0 saturated heterocycles. The Morgan fingerprint density at radius 3 is 2.19 bits per heavy atom. The molecule has 3 N–H and O–H groups in total. The fourth-order valence-corrected chi connectivity index (χ4v) is 5.85. The molecule has 6 heteroatoms. The summed E-state index contributed by atoms with van der Waals surface area (Å²) in [4.78, 5) is 20.2. The normalized spacial score (nSPS) is 11.0. The third-order valence-electron chi connectivity index (χ3n) is 7.29. The Kier molecular flexibility index (Phi) is 8.36. The number of anilines is 1. The fourth-order valence-electron chi connectivity index (χ4n) is 5.02. The summed E-state index contributed by atoms with van der Waals surface area (Å²) in [7, 11) is 0. The van der Waals surface area contributed by atoms with Crippen molar-refractivity contribution in [2.24, 2.45) is 5.73 Å². The van der Waals surface area contributed by atoms with Crippen molar-refractivity contribution in [2.75, 3.05) is 4.90 Å². The van der Waals surface area contributed by atoms with Gasteiger partial charge in [0.15, 0.2) is 5.13 Å². The number of nitrogens with zero attached hydrogens (tertiary/aromatic N) is 2. The summed E-state index contributed by atoms with van der Waals surface area (Å²) in [6.07, 6.45) is 0. The van der Waals surface area contributed by atoms with Crippen molar-refractivity contribution in [1.82, 2.24) is 10.3 Å². The molecule has 0 saturated carbocycles. The molecule has 6 rings (SSSR count). The van der Waals surface area contributed by atoms with Crippen molar-refractivity contribution >= 4 is 33.1 Å². The van der Waals surface area contributed by atoms with Crippen LogP contribution in [0.1, 0.15) is 32.6 Å². The predicted molar refractivity (Wildman–Crippen MR) is 173 cm³/mol. The number of rotatable bonds is 10. The molecule has 1 aromatic heterocycles. The van der Waals surface area contributed by atoms with Gasteiger partial charge in [0.05, 0.1) is 5.69 Å². The molecule has 1 heterocycles. The molecular weight excluding hydrogens is 536 g/mol. The second-order valence-corrected chi connectivity index (χ2v) is 11.2. The lowest BCUT2D eigenvalue weighted by Gasteiger charge is -2.22. The first-order valence-corrected chi connectivity index (χ1v) is 14.9. The molecular formula is C36H32N4OS. The maximum Gasteiger partial charge on any atom is 0.251 e. The number of amides is 1. The van der Waals surface area contributed by atoms with Crippen molar-refractivity contribution in [1.29, 1.82) is 0 Å². The minimum atomic E-state index is -0.0965. The highest BCUT2D eigenvalue weighted by molar-refractivity contribution is 7.14. The fraction of sp³-hybridized carbons (Fsp3) is 0.111. The van der Waals surface area contributed by atoms with Gasteiger partial charge in [0.25, 0.3) is 5.91 Å². The van der Waals surface area contributed by atoms with Crippen LogP contribution in [-0.2, 0) is 26.2 Å². The summed E-state index contributed by atoms with van der Waals surface area (Å²) >= 11 is 1.65. The summed E-state index contributed by atoms with van der Waals surface area (Å²) in [6, 6.07) is 41.1. The van der Waals surface area contributed by atoms with Gasteiger partial charge in [-0.2, -0.15) is 0 Å². The van der Waals surface area contributed by atoms with E-state index >= 15 is 0 Å². The topological polar surface area (TPSA) is 71.2 Å². The molecule has 5 nitrogen and oxygen atoms in total. The SMILES string of the molecule is NCc1cccc(CNC(=O)c2ccc(CN(Cc3ccccc3)c3nc(-c4ccc5ccccc5c4)cs3)cc2)c1. The summed E-state index contributed by atoms with van der Waals surface area (Å²) in [5.74, 6) is -0.0965. The lowest BCUT2D eigenvalue weighted by Crippen LogP contribution is -2.23. The van der Waals surface area contributed by atoms with E-state index in [1.54, 1.807) is 11.3 Å². The Labute approximate surface area is 250 Å². The van der Waals surface area contributed by atoms with Gasteiger partial charge in [-0.05, 0) is 51.2 Å². The van der Waals surface area contributed by atoms with E-state index in [-0.39, 0.29) is 5.91 Å². The van der Waals surface area contributed by atoms with Crippen LogP contribution in [0.2, 0.25) is 0 Å². The van der Waals surface area contributed by atoms with E-state index in [2.05, 4.69) is 82.3 Å². The Morgan fingerprint density at radius 1 is 0.714 bits per heavy atom. The number of nitrogens with one attached hydrogen (secondary N) is 1. The second kappa shape index (κ2) is 12.8. The molecule has 0 fully saturated rings. The third-order valence-corrected chi connectivity index (χ3v) is 8.20. The minimum absolute atomic E-state index is 0.0965. The zero-order chi connectivity index (χ0) is 28.7. The van der Waals surface area contributed by atoms with Crippen molar-refractivity contribution in [3.63, 3.8) is 0 Å². The average Bonchev–Trinajstić information content (AvgIpc) is 3.55. The van der Waals surface area contributed by atoms with Gasteiger partial charge >= 0.3 is 0 Å². The zero-order valence-corrected chi connectivity index (χ0v) is 24.1. The Morgan fingerprint density at radius 2 is 1.40 bits per heavy atom. The van der Waals surface area contributed by atoms with Crippen LogP contribution in [0, 0.1) is 0 Å². The number of hydrogen-bond acceptors (Lipinski definition) is 5. The zero-order valence-electron chi connectivity index (χ0n) is 23.2. The number of aromatic nitrogens is 1. The van der Waals surface area contributed by atoms with E-state index in [0.29, 0.717) is 25.2 Å². The maximum absolute atomic E-state index is 12.8. The van der Waals surface area contributed by atoms with Crippen LogP contribution in [-0.4, -0.2) is 10.9 Å². The molecule has 5 aromatic carbocycles. The standard InChI is InChI=1S/C36H32N4OS/c37-21-28-9-6-10-29(19-28)22-38-35(41)31-15-13-27(14-16-31)24-40(23-26-7-2-1-3-8-26)36-39-34(25-42-36)33-18-17-30-11-4-5-12-32(30)20-33/h1-20,25H,21-24,37H2,(H,38,41). The summed E-state index contributed by atoms with van der Waals surface area (Å²) in [5, 5.41) is 8.54. The highest BCUT2D eigenvalue weighted by Crippen LogP contribution is 2.31. The highest BCUT2D eigenvalue weighted by Gasteiger charge is 2.15. The predicted octanol–water partition coefficient (Wildman–Crippen LogP) is 7.56. The van der Waals surface area contributed by atoms with Crippen LogP contribution in [0.5, 0.6) is 0 Å². The van der Waals surface area contributed by atoms with E-state index in [9.17, 15) is 4.79 Å². The Bertz CT molecular complexity index is 1800. The number of carbonyl (C=O) groups excluding carboxylic acids is 1. The van der Waals surface area contributed by atoms with E-state index in [0.717, 1.165) is 39.6 Å². The minimum Gasteiger partial charge on any atom is -0.348 e. The van der Waals surface area contributed by atoms with Crippen molar-refractivity contribution in [2.45, 2.75) is 26.2 Å². The van der Waals surface area contributed by atoms with Gasteiger partial charge in [-0.3, -0.25) is 4.79 Å². The number of hydrogen-bond donors (Lipinski definition) is 2. The lowest BCUT2D eigenvalue weighted by molar-refractivity contribution is 0.0951. The summed E-state index contributed by atoms with van der Waals surface area (Å²) in [5.41, 5.74) is 12.9. The van der Waals surface area contributed by atoms with E-state index in [1.807, 2.05) is 54.6 Å². The van der Waals surface area contributed by atoms with E-state index in [1.165, 1.54) is 16.3 Å². The molecule has 0 unspecified atom stereocenters. The molecule has 208 valence electrons. The van der Waals surface area contributed by atoms with Gasteiger partial charge in [0, 0.05) is 42.7 Å². The molecule has 6 aromatic rings. The largest absolute Gasteiger partial charge is 0.348 e. The molecule has 0 aliphatic carbocycles. The van der Waals surface area contributed by atoms with Gasteiger partial charge in [-0.15, -0.1) is 11.3 Å². The number of carbonyl (C=O) groups is 1. The number of thiazole rings is 1. The van der Waals surface area contributed by atoms with Crippen LogP contribution in [0.3, 0.4) is 0 Å². The summed E-state index contributed by atoms with van der Waals surface area (Å²) < 4.78 is 0. The van der Waals surface area contributed by atoms with E-state index in [4.69, 9.17) is 10.7 Å². The Hall–Kier alpha value is -4.78. The monoisotopic (exact) mass is 568 g/mol. The van der Waals surface area contributed by atoms with Crippen LogP contribution in [0.25, 0.3) is 22.0 Å². The first-order chi connectivity index (χ1) is 20.6. The highest BCUT2D eigenvalue weighted by atomic mass is 32.1. The number of benzene rings is 5. The van der Waals surface area contributed by atoms with Gasteiger partial charge in [0.2, 0.25) is 0 Å². The third kappa shape index (κ3) is 6.57. The molecule has 0 spiro atoms. The van der Waals surface area contributed by atoms with Crippen LogP contribution >= 0.6 is 11.3 Å². The molecule has 0 radical (unpaired) electrons. The van der Waals surface area contributed by atoms with Crippen LogP contribution in [0.15, 0.2) is 127 Å². The smallest absolute Gasteiger partial charge is 0.251 e. The lowest BCUT2D eigenvalue weighted by atomic mass is 10.1. The van der Waals surface area contributed by atoms with Crippen LogP contribution in [0.4, 0.5) is 5.13 Å². The maximum atomic E-state index is 12.8.